The molecule has 3 heteroatoms. The summed E-state index contributed by atoms with van der Waals surface area (Å²) in [4.78, 5) is 1.23. The summed E-state index contributed by atoms with van der Waals surface area (Å²) in [7, 11) is 0. The van der Waals surface area contributed by atoms with Crippen LogP contribution in [0.3, 0.4) is 0 Å². The summed E-state index contributed by atoms with van der Waals surface area (Å²) >= 11 is 1.30. The van der Waals surface area contributed by atoms with E-state index in [1.165, 1.54) is 16.2 Å². The van der Waals surface area contributed by atoms with Crippen LogP contribution >= 0.6 is 11.3 Å². The molecule has 1 aliphatic rings. The predicted octanol–water partition coefficient (Wildman–Crippen LogP) is 1.92. The van der Waals surface area contributed by atoms with Crippen molar-refractivity contribution in [2.24, 2.45) is 0 Å². The van der Waals surface area contributed by atoms with Crippen LogP contribution in [0.5, 0.6) is 0 Å². The van der Waals surface area contributed by atoms with Crippen molar-refractivity contribution >= 4 is 11.3 Å². The summed E-state index contributed by atoms with van der Waals surface area (Å²) in [6, 6.07) is 1.65. The van der Waals surface area contributed by atoms with E-state index >= 15 is 0 Å². The Balaban J connectivity index is 2.32. The van der Waals surface area contributed by atoms with Crippen molar-refractivity contribution in [3.05, 3.63) is 21.6 Å². The topological polar surface area (TPSA) is 12.0 Å². The van der Waals surface area contributed by atoms with E-state index in [1.807, 2.05) is 0 Å². The number of thiophene rings is 1. The van der Waals surface area contributed by atoms with E-state index in [-0.39, 0.29) is 5.13 Å². The van der Waals surface area contributed by atoms with Crippen molar-refractivity contribution in [3.63, 3.8) is 0 Å². The van der Waals surface area contributed by atoms with Crippen LogP contribution in [0.25, 0.3) is 0 Å². The molecule has 2 heterocycles. The number of hydrogen-bond acceptors (Lipinski definition) is 2. The third kappa shape index (κ3) is 1.44. The Morgan fingerprint density at radius 2 is 2.45 bits per heavy atom. The molecule has 0 aromatic carbocycles. The third-order valence-corrected chi connectivity index (χ3v) is 2.96. The maximum absolute atomic E-state index is 12.7. The van der Waals surface area contributed by atoms with Crippen molar-refractivity contribution in [2.75, 3.05) is 6.54 Å². The molecule has 1 aromatic rings. The lowest BCUT2D eigenvalue weighted by Gasteiger charge is -1.94. The standard InChI is InChI=1S/C8H10FNS/c9-8-4-6-5-10-3-1-2-7(6)11-8/h4,10H,1-3,5H2. The van der Waals surface area contributed by atoms with E-state index in [0.717, 1.165) is 31.5 Å². The van der Waals surface area contributed by atoms with Crippen LogP contribution in [0, 0.1) is 5.13 Å². The molecule has 0 spiro atoms. The monoisotopic (exact) mass is 171 g/mol. The van der Waals surface area contributed by atoms with Gasteiger partial charge in [-0.15, -0.1) is 11.3 Å². The van der Waals surface area contributed by atoms with Crippen LogP contribution in [0.1, 0.15) is 16.9 Å². The Bertz CT molecular complexity index is 233. The van der Waals surface area contributed by atoms with Crippen molar-refractivity contribution in [3.8, 4) is 0 Å². The number of aryl methyl sites for hydroxylation is 1. The molecule has 0 saturated heterocycles. The van der Waals surface area contributed by atoms with E-state index in [1.54, 1.807) is 6.07 Å². The molecule has 60 valence electrons. The van der Waals surface area contributed by atoms with Gasteiger partial charge in [0, 0.05) is 11.4 Å². The van der Waals surface area contributed by atoms with E-state index in [4.69, 9.17) is 0 Å². The van der Waals surface area contributed by atoms with E-state index in [9.17, 15) is 4.39 Å². The highest BCUT2D eigenvalue weighted by Crippen LogP contribution is 2.23. The molecule has 0 aliphatic carbocycles. The zero-order chi connectivity index (χ0) is 7.68. The minimum Gasteiger partial charge on any atom is -0.313 e. The fourth-order valence-electron chi connectivity index (χ4n) is 1.39. The van der Waals surface area contributed by atoms with Gasteiger partial charge in [-0.05, 0) is 31.0 Å². The van der Waals surface area contributed by atoms with Gasteiger partial charge in [0.15, 0.2) is 5.13 Å². The zero-order valence-electron chi connectivity index (χ0n) is 6.19. The molecule has 1 aliphatic heterocycles. The van der Waals surface area contributed by atoms with Gasteiger partial charge in [-0.1, -0.05) is 0 Å². The summed E-state index contributed by atoms with van der Waals surface area (Å²) in [5.74, 6) is 0. The quantitative estimate of drug-likeness (QED) is 0.629. The van der Waals surface area contributed by atoms with Crippen LogP contribution in [-0.4, -0.2) is 6.54 Å². The fraction of sp³-hybridized carbons (Fsp3) is 0.500. The number of rotatable bonds is 0. The van der Waals surface area contributed by atoms with E-state index in [2.05, 4.69) is 5.32 Å². The molecule has 11 heavy (non-hydrogen) atoms. The van der Waals surface area contributed by atoms with Crippen LogP contribution in [0.15, 0.2) is 6.07 Å². The molecule has 2 rings (SSSR count). The Labute approximate surface area is 69.2 Å². The molecule has 1 N–H and O–H groups in total. The van der Waals surface area contributed by atoms with Crippen molar-refractivity contribution < 1.29 is 4.39 Å². The highest BCUT2D eigenvalue weighted by molar-refractivity contribution is 7.10. The van der Waals surface area contributed by atoms with Crippen molar-refractivity contribution in [1.82, 2.24) is 5.32 Å². The normalized spacial score (nSPS) is 17.5. The predicted molar refractivity (Wildman–Crippen MR) is 44.3 cm³/mol. The lowest BCUT2D eigenvalue weighted by molar-refractivity contribution is 0.648. The number of nitrogens with one attached hydrogen (secondary N) is 1. The second-order valence-corrected chi connectivity index (χ2v) is 3.87. The Kier molecular flexibility index (Phi) is 1.92. The Hall–Kier alpha value is -0.410. The Morgan fingerprint density at radius 1 is 1.55 bits per heavy atom. The van der Waals surface area contributed by atoms with E-state index in [0.29, 0.717) is 0 Å². The molecule has 0 radical (unpaired) electrons. The summed E-state index contributed by atoms with van der Waals surface area (Å²) in [5.41, 5.74) is 1.16. The molecule has 0 fully saturated rings. The van der Waals surface area contributed by atoms with Crippen LogP contribution in [0.4, 0.5) is 4.39 Å². The molecular formula is C8H10FNS. The molecule has 0 amide bonds. The first-order valence-corrected chi connectivity index (χ1v) is 4.66. The van der Waals surface area contributed by atoms with Crippen molar-refractivity contribution in [2.45, 2.75) is 19.4 Å². The molecule has 0 saturated carbocycles. The second kappa shape index (κ2) is 2.91. The largest absolute Gasteiger partial charge is 0.313 e. The highest BCUT2D eigenvalue weighted by Gasteiger charge is 2.10. The number of hydrogen-bond donors (Lipinski definition) is 1. The Morgan fingerprint density at radius 3 is 3.36 bits per heavy atom. The average molecular weight is 171 g/mol. The van der Waals surface area contributed by atoms with E-state index < -0.39 is 0 Å². The fourth-order valence-corrected chi connectivity index (χ4v) is 2.33. The van der Waals surface area contributed by atoms with Gasteiger partial charge in [-0.2, -0.15) is 4.39 Å². The molecule has 0 unspecified atom stereocenters. The first kappa shape index (κ1) is 7.25. The summed E-state index contributed by atoms with van der Waals surface area (Å²) in [6.45, 7) is 1.90. The van der Waals surface area contributed by atoms with Gasteiger partial charge in [-0.25, -0.2) is 0 Å². The summed E-state index contributed by atoms with van der Waals surface area (Å²) in [6.07, 6.45) is 2.17. The first-order chi connectivity index (χ1) is 5.36. The van der Waals surface area contributed by atoms with Gasteiger partial charge in [0.1, 0.15) is 0 Å². The maximum Gasteiger partial charge on any atom is 0.176 e. The maximum atomic E-state index is 12.7. The molecular weight excluding hydrogens is 161 g/mol. The summed E-state index contributed by atoms with van der Waals surface area (Å²) in [5, 5.41) is 3.21. The lowest BCUT2D eigenvalue weighted by atomic mass is 10.2. The van der Waals surface area contributed by atoms with Crippen LogP contribution in [0.2, 0.25) is 0 Å². The summed E-state index contributed by atoms with van der Waals surface area (Å²) < 4.78 is 12.7. The minimum atomic E-state index is -0.0429. The molecule has 1 nitrogen and oxygen atoms in total. The van der Waals surface area contributed by atoms with Gasteiger partial charge >= 0.3 is 0 Å². The van der Waals surface area contributed by atoms with Crippen LogP contribution in [-0.2, 0) is 13.0 Å². The number of fused-ring (bicyclic) bond motifs is 1. The highest BCUT2D eigenvalue weighted by atomic mass is 32.1. The zero-order valence-corrected chi connectivity index (χ0v) is 7.01. The SMILES string of the molecule is Fc1cc2c(s1)CCCNC2. The van der Waals surface area contributed by atoms with Gasteiger partial charge in [-0.3, -0.25) is 0 Å². The number of halogens is 1. The molecule has 1 aromatic heterocycles. The molecule has 0 bridgehead atoms. The average Bonchev–Trinajstić information content (AvgIpc) is 2.17. The van der Waals surface area contributed by atoms with Gasteiger partial charge in [0.25, 0.3) is 0 Å². The second-order valence-electron chi connectivity index (χ2n) is 2.78. The van der Waals surface area contributed by atoms with Gasteiger partial charge < -0.3 is 5.32 Å². The van der Waals surface area contributed by atoms with Crippen LogP contribution < -0.4 is 5.32 Å². The van der Waals surface area contributed by atoms with Crippen molar-refractivity contribution in [1.29, 1.82) is 0 Å². The smallest absolute Gasteiger partial charge is 0.176 e. The first-order valence-electron chi connectivity index (χ1n) is 3.84. The van der Waals surface area contributed by atoms with Gasteiger partial charge in [0.2, 0.25) is 0 Å². The van der Waals surface area contributed by atoms with Gasteiger partial charge in [0.05, 0.1) is 0 Å². The molecule has 0 atom stereocenters. The third-order valence-electron chi connectivity index (χ3n) is 1.94. The minimum absolute atomic E-state index is 0.0429. The lowest BCUT2D eigenvalue weighted by Crippen LogP contribution is -2.11.